The van der Waals surface area contributed by atoms with Crippen LogP contribution in [0.25, 0.3) is 0 Å². The molecular weight excluding hydrogens is 352 g/mol. The van der Waals surface area contributed by atoms with Crippen LogP contribution in [-0.4, -0.2) is 55.6 Å². The normalized spacial score (nSPS) is 16.5. The first kappa shape index (κ1) is 20.5. The summed E-state index contributed by atoms with van der Waals surface area (Å²) in [5.74, 6) is -0.750. The highest BCUT2D eigenvalue weighted by Crippen LogP contribution is 2.28. The predicted molar refractivity (Wildman–Crippen MR) is 97.6 cm³/mol. The average Bonchev–Trinajstić information content (AvgIpc) is 2.67. The monoisotopic (exact) mass is 378 g/mol. The van der Waals surface area contributed by atoms with Crippen LogP contribution in [0.5, 0.6) is 11.5 Å². The minimum absolute atomic E-state index is 0.267. The van der Waals surface area contributed by atoms with E-state index in [1.165, 1.54) is 11.0 Å². The molecule has 0 saturated carbocycles. The summed E-state index contributed by atoms with van der Waals surface area (Å²) in [5.41, 5.74) is 5.58. The summed E-state index contributed by atoms with van der Waals surface area (Å²) in [6.07, 6.45) is 1.37. The summed E-state index contributed by atoms with van der Waals surface area (Å²) in [6, 6.07) is 4.73. The number of rotatable bonds is 8. The molecule has 27 heavy (non-hydrogen) atoms. The number of piperidine rings is 1. The van der Waals surface area contributed by atoms with Crippen LogP contribution >= 0.6 is 0 Å². The number of primary amides is 1. The quantitative estimate of drug-likeness (QED) is 0.685. The van der Waals surface area contributed by atoms with Gasteiger partial charge in [0.1, 0.15) is 0 Å². The van der Waals surface area contributed by atoms with Crippen molar-refractivity contribution in [2.75, 3.05) is 32.9 Å². The smallest absolute Gasteiger partial charge is 0.338 e. The van der Waals surface area contributed by atoms with Gasteiger partial charge in [0.25, 0.3) is 5.91 Å². The van der Waals surface area contributed by atoms with E-state index in [0.29, 0.717) is 44.1 Å². The van der Waals surface area contributed by atoms with E-state index in [1.807, 2.05) is 13.8 Å². The molecule has 0 radical (unpaired) electrons. The van der Waals surface area contributed by atoms with Crippen LogP contribution in [0.4, 0.5) is 0 Å². The largest absolute Gasteiger partial charge is 0.490 e. The lowest BCUT2D eigenvalue weighted by Crippen LogP contribution is -2.45. The number of hydrogen-bond donors (Lipinski definition) is 1. The number of nitrogens with zero attached hydrogens (tertiary/aromatic N) is 1. The van der Waals surface area contributed by atoms with E-state index in [0.717, 1.165) is 0 Å². The summed E-state index contributed by atoms with van der Waals surface area (Å²) >= 11 is 0. The molecular formula is C19H26N2O6. The molecule has 1 atom stereocenters. The maximum absolute atomic E-state index is 12.3. The molecule has 1 aliphatic rings. The fourth-order valence-corrected chi connectivity index (χ4v) is 2.92. The molecule has 148 valence electrons. The lowest BCUT2D eigenvalue weighted by atomic mass is 9.97. The first-order chi connectivity index (χ1) is 13.0. The van der Waals surface area contributed by atoms with Gasteiger partial charge in [0.2, 0.25) is 5.91 Å². The van der Waals surface area contributed by atoms with E-state index >= 15 is 0 Å². The number of carbonyl (C=O) groups excluding carboxylic acids is 3. The highest BCUT2D eigenvalue weighted by molar-refractivity contribution is 5.92. The molecule has 0 unspecified atom stereocenters. The highest BCUT2D eigenvalue weighted by atomic mass is 16.5. The summed E-state index contributed by atoms with van der Waals surface area (Å²) in [4.78, 5) is 37.3. The van der Waals surface area contributed by atoms with Crippen molar-refractivity contribution in [3.8, 4) is 11.5 Å². The number of nitrogens with two attached hydrogens (primary N) is 1. The van der Waals surface area contributed by atoms with Crippen molar-refractivity contribution in [3.63, 3.8) is 0 Å². The maximum Gasteiger partial charge on any atom is 0.338 e. The van der Waals surface area contributed by atoms with E-state index in [9.17, 15) is 14.4 Å². The minimum atomic E-state index is -0.629. The van der Waals surface area contributed by atoms with E-state index in [2.05, 4.69) is 0 Å². The molecule has 2 amide bonds. The van der Waals surface area contributed by atoms with Crippen molar-refractivity contribution in [3.05, 3.63) is 23.8 Å². The number of ether oxygens (including phenoxy) is 3. The van der Waals surface area contributed by atoms with Gasteiger partial charge in [-0.3, -0.25) is 9.59 Å². The SMILES string of the molecule is CCOc1ccc(C(=O)OCC(=O)N2CCC[C@@H](C(N)=O)C2)cc1OCC. The van der Waals surface area contributed by atoms with E-state index in [-0.39, 0.29) is 30.5 Å². The van der Waals surface area contributed by atoms with Gasteiger partial charge in [-0.05, 0) is 44.9 Å². The van der Waals surface area contributed by atoms with Gasteiger partial charge in [-0.1, -0.05) is 0 Å². The summed E-state index contributed by atoms with van der Waals surface area (Å²) in [6.45, 7) is 4.99. The number of amides is 2. The maximum atomic E-state index is 12.3. The Balaban J connectivity index is 1.95. The molecule has 1 aromatic carbocycles. The van der Waals surface area contributed by atoms with Gasteiger partial charge in [0.05, 0.1) is 24.7 Å². The molecule has 0 spiro atoms. The fraction of sp³-hybridized carbons (Fsp3) is 0.526. The van der Waals surface area contributed by atoms with Gasteiger partial charge in [-0.25, -0.2) is 4.79 Å². The average molecular weight is 378 g/mol. The Kier molecular flexibility index (Phi) is 7.45. The Morgan fingerprint density at radius 3 is 2.52 bits per heavy atom. The van der Waals surface area contributed by atoms with Crippen molar-refractivity contribution in [1.29, 1.82) is 0 Å². The van der Waals surface area contributed by atoms with E-state index < -0.39 is 11.9 Å². The van der Waals surface area contributed by atoms with Crippen LogP contribution in [0.1, 0.15) is 37.0 Å². The number of esters is 1. The fourth-order valence-electron chi connectivity index (χ4n) is 2.92. The second-order valence-corrected chi connectivity index (χ2v) is 6.18. The van der Waals surface area contributed by atoms with Gasteiger partial charge >= 0.3 is 5.97 Å². The van der Waals surface area contributed by atoms with Crippen molar-refractivity contribution in [1.82, 2.24) is 4.90 Å². The van der Waals surface area contributed by atoms with Gasteiger partial charge in [0, 0.05) is 13.1 Å². The third kappa shape index (κ3) is 5.60. The zero-order chi connectivity index (χ0) is 19.8. The Morgan fingerprint density at radius 1 is 1.15 bits per heavy atom. The van der Waals surface area contributed by atoms with Crippen LogP contribution in [0, 0.1) is 5.92 Å². The minimum Gasteiger partial charge on any atom is -0.490 e. The topological polar surface area (TPSA) is 108 Å². The molecule has 0 aliphatic carbocycles. The Hall–Kier alpha value is -2.77. The van der Waals surface area contributed by atoms with Gasteiger partial charge in [-0.15, -0.1) is 0 Å². The van der Waals surface area contributed by atoms with Crippen LogP contribution in [0.3, 0.4) is 0 Å². The van der Waals surface area contributed by atoms with Gasteiger partial charge in [-0.2, -0.15) is 0 Å². The molecule has 0 bridgehead atoms. The van der Waals surface area contributed by atoms with Crippen molar-refractivity contribution in [2.24, 2.45) is 11.7 Å². The molecule has 1 heterocycles. The standard InChI is InChI=1S/C19H26N2O6/c1-3-25-15-8-7-13(10-16(15)26-4-2)19(24)27-12-17(22)21-9-5-6-14(11-21)18(20)23/h7-8,10,14H,3-6,9,11-12H2,1-2H3,(H2,20,23)/t14-/m1/s1. The van der Waals surface area contributed by atoms with Gasteiger partial charge < -0.3 is 24.8 Å². The van der Waals surface area contributed by atoms with E-state index in [1.54, 1.807) is 12.1 Å². The highest BCUT2D eigenvalue weighted by Gasteiger charge is 2.27. The third-order valence-corrected chi connectivity index (χ3v) is 4.28. The van der Waals surface area contributed by atoms with Crippen molar-refractivity contribution in [2.45, 2.75) is 26.7 Å². The van der Waals surface area contributed by atoms with Gasteiger partial charge in [0.15, 0.2) is 18.1 Å². The van der Waals surface area contributed by atoms with E-state index in [4.69, 9.17) is 19.9 Å². The lowest BCUT2D eigenvalue weighted by Gasteiger charge is -2.31. The van der Waals surface area contributed by atoms with Crippen LogP contribution in [-0.2, 0) is 14.3 Å². The Labute approximate surface area is 158 Å². The molecule has 8 heteroatoms. The molecule has 1 aliphatic heterocycles. The lowest BCUT2D eigenvalue weighted by molar-refractivity contribution is -0.137. The molecule has 2 rings (SSSR count). The summed E-state index contributed by atoms with van der Waals surface area (Å²) in [5, 5.41) is 0. The predicted octanol–water partition coefficient (Wildman–Crippen LogP) is 1.36. The number of carbonyl (C=O) groups is 3. The first-order valence-electron chi connectivity index (χ1n) is 9.10. The molecule has 0 aromatic heterocycles. The summed E-state index contributed by atoms with van der Waals surface area (Å²) < 4.78 is 16.1. The first-order valence-corrected chi connectivity index (χ1v) is 9.10. The number of likely N-dealkylation sites (tertiary alicyclic amines) is 1. The molecule has 2 N–H and O–H groups in total. The third-order valence-electron chi connectivity index (χ3n) is 4.28. The molecule has 1 saturated heterocycles. The summed E-state index contributed by atoms with van der Waals surface area (Å²) in [7, 11) is 0. The molecule has 1 aromatic rings. The van der Waals surface area contributed by atoms with Crippen LogP contribution in [0.15, 0.2) is 18.2 Å². The zero-order valence-electron chi connectivity index (χ0n) is 15.7. The Morgan fingerprint density at radius 2 is 1.85 bits per heavy atom. The molecule has 1 fully saturated rings. The van der Waals surface area contributed by atoms with Crippen LogP contribution in [0.2, 0.25) is 0 Å². The second kappa shape index (κ2) is 9.80. The second-order valence-electron chi connectivity index (χ2n) is 6.18. The molecule has 8 nitrogen and oxygen atoms in total. The number of hydrogen-bond acceptors (Lipinski definition) is 6. The van der Waals surface area contributed by atoms with Crippen molar-refractivity contribution < 1.29 is 28.6 Å². The zero-order valence-corrected chi connectivity index (χ0v) is 15.7. The number of benzene rings is 1. The van der Waals surface area contributed by atoms with Crippen LogP contribution < -0.4 is 15.2 Å². The Bertz CT molecular complexity index is 691. The van der Waals surface area contributed by atoms with Crippen molar-refractivity contribution >= 4 is 17.8 Å².